The first-order chi connectivity index (χ1) is 11.2. The van der Waals surface area contributed by atoms with Crippen LogP contribution in [0.5, 0.6) is 5.75 Å². The fraction of sp³-hybridized carbons (Fsp3) is 0.714. The lowest BCUT2D eigenvalue weighted by Crippen LogP contribution is -2.31. The topological polar surface area (TPSA) is 12.5 Å². The molecule has 2 rings (SSSR count). The molecule has 130 valence electrons. The molecule has 0 saturated carbocycles. The summed E-state index contributed by atoms with van der Waals surface area (Å²) in [7, 11) is 1.77. The number of methoxy groups -OCH3 is 1. The Hall–Kier alpha value is -1.02. The molecule has 0 aliphatic carbocycles. The van der Waals surface area contributed by atoms with E-state index in [1.54, 1.807) is 7.11 Å². The summed E-state index contributed by atoms with van der Waals surface area (Å²) in [4.78, 5) is 2.70. The third kappa shape index (κ3) is 4.97. The van der Waals surface area contributed by atoms with Crippen molar-refractivity contribution in [2.24, 2.45) is 0 Å². The molecule has 1 aromatic rings. The van der Waals surface area contributed by atoms with Gasteiger partial charge >= 0.3 is 0 Å². The molecule has 1 unspecified atom stereocenters. The molecular formula is C21H35NO. The third-order valence-corrected chi connectivity index (χ3v) is 5.42. The van der Waals surface area contributed by atoms with Gasteiger partial charge in [0.1, 0.15) is 5.75 Å². The van der Waals surface area contributed by atoms with E-state index in [-0.39, 0.29) is 0 Å². The van der Waals surface area contributed by atoms with Crippen molar-refractivity contribution in [3.63, 3.8) is 0 Å². The lowest BCUT2D eigenvalue weighted by molar-refractivity contribution is 0.293. The minimum atomic E-state index is 0.340. The van der Waals surface area contributed by atoms with Crippen LogP contribution in [0.1, 0.15) is 70.8 Å². The van der Waals surface area contributed by atoms with Crippen LogP contribution in [0.2, 0.25) is 0 Å². The number of rotatable bonds is 10. The Bertz CT molecular complexity index is 459. The summed E-state index contributed by atoms with van der Waals surface area (Å²) in [6.07, 6.45) is 10.7. The molecule has 0 amide bonds. The predicted molar refractivity (Wildman–Crippen MR) is 99.4 cm³/mol. The second-order valence-electron chi connectivity index (χ2n) is 7.20. The van der Waals surface area contributed by atoms with Gasteiger partial charge in [-0.25, -0.2) is 0 Å². The van der Waals surface area contributed by atoms with Gasteiger partial charge in [-0.2, -0.15) is 0 Å². The molecule has 0 N–H and O–H groups in total. The summed E-state index contributed by atoms with van der Waals surface area (Å²) in [6, 6.07) is 8.78. The highest BCUT2D eigenvalue weighted by atomic mass is 16.5. The monoisotopic (exact) mass is 317 g/mol. The van der Waals surface area contributed by atoms with Crippen LogP contribution in [-0.2, 0) is 5.41 Å². The first-order valence-corrected chi connectivity index (χ1v) is 9.61. The lowest BCUT2D eigenvalue weighted by Gasteiger charge is -2.30. The zero-order chi connectivity index (χ0) is 16.5. The van der Waals surface area contributed by atoms with Gasteiger partial charge in [0.25, 0.3) is 0 Å². The minimum Gasteiger partial charge on any atom is -0.497 e. The van der Waals surface area contributed by atoms with Crippen molar-refractivity contribution < 1.29 is 4.74 Å². The van der Waals surface area contributed by atoms with E-state index < -0.39 is 0 Å². The number of hydrogen-bond donors (Lipinski definition) is 0. The number of hydrogen-bond acceptors (Lipinski definition) is 2. The van der Waals surface area contributed by atoms with E-state index in [4.69, 9.17) is 4.74 Å². The summed E-state index contributed by atoms with van der Waals surface area (Å²) in [5, 5.41) is 0. The van der Waals surface area contributed by atoms with Crippen molar-refractivity contribution in [1.82, 2.24) is 4.90 Å². The molecule has 0 aromatic heterocycles. The summed E-state index contributed by atoms with van der Waals surface area (Å²) < 4.78 is 5.45. The van der Waals surface area contributed by atoms with Crippen LogP contribution in [0.15, 0.2) is 24.3 Å². The molecule has 23 heavy (non-hydrogen) atoms. The highest BCUT2D eigenvalue weighted by molar-refractivity contribution is 5.35. The van der Waals surface area contributed by atoms with Gasteiger partial charge in [0.05, 0.1) is 7.11 Å². The number of ether oxygens (including phenoxy) is 1. The van der Waals surface area contributed by atoms with Gasteiger partial charge in [-0.05, 0) is 50.0 Å². The fourth-order valence-electron chi connectivity index (χ4n) is 4.10. The van der Waals surface area contributed by atoms with E-state index in [1.165, 1.54) is 76.6 Å². The van der Waals surface area contributed by atoms with E-state index in [0.29, 0.717) is 5.41 Å². The lowest BCUT2D eigenvalue weighted by atomic mass is 9.76. The van der Waals surface area contributed by atoms with Crippen molar-refractivity contribution in [1.29, 1.82) is 0 Å². The molecule has 1 fully saturated rings. The molecule has 1 aliphatic rings. The van der Waals surface area contributed by atoms with Gasteiger partial charge < -0.3 is 9.64 Å². The van der Waals surface area contributed by atoms with Gasteiger partial charge in [-0.3, -0.25) is 0 Å². The number of unbranched alkanes of at least 4 members (excludes halogenated alkanes) is 4. The van der Waals surface area contributed by atoms with Crippen LogP contribution in [-0.4, -0.2) is 31.6 Å². The molecule has 1 saturated heterocycles. The smallest absolute Gasteiger partial charge is 0.119 e. The van der Waals surface area contributed by atoms with Crippen molar-refractivity contribution in [3.8, 4) is 5.75 Å². The second kappa shape index (κ2) is 9.32. The molecule has 2 heteroatoms. The van der Waals surface area contributed by atoms with Crippen LogP contribution >= 0.6 is 0 Å². The Morgan fingerprint density at radius 2 is 1.91 bits per heavy atom. The molecular weight excluding hydrogens is 282 g/mol. The van der Waals surface area contributed by atoms with E-state index in [9.17, 15) is 0 Å². The summed E-state index contributed by atoms with van der Waals surface area (Å²) in [5.41, 5.74) is 1.82. The maximum absolute atomic E-state index is 5.45. The Balaban J connectivity index is 1.96. The summed E-state index contributed by atoms with van der Waals surface area (Å²) in [6.45, 7) is 8.36. The highest BCUT2D eigenvalue weighted by Crippen LogP contribution is 2.39. The van der Waals surface area contributed by atoms with Crippen molar-refractivity contribution in [3.05, 3.63) is 29.8 Å². The van der Waals surface area contributed by atoms with Gasteiger partial charge in [0.15, 0.2) is 0 Å². The number of nitrogens with zero attached hydrogens (tertiary/aromatic N) is 1. The summed E-state index contributed by atoms with van der Waals surface area (Å²) >= 11 is 0. The predicted octanol–water partition coefficient (Wildman–Crippen LogP) is 5.41. The zero-order valence-corrected chi connectivity index (χ0v) is 15.4. The Kier molecular flexibility index (Phi) is 7.42. The Morgan fingerprint density at radius 3 is 2.65 bits per heavy atom. The van der Waals surface area contributed by atoms with Gasteiger partial charge in [-0.15, -0.1) is 0 Å². The molecule has 0 radical (unpaired) electrons. The van der Waals surface area contributed by atoms with Crippen molar-refractivity contribution >= 4 is 0 Å². The number of benzene rings is 1. The van der Waals surface area contributed by atoms with Gasteiger partial charge in [-0.1, -0.05) is 58.1 Å². The molecule has 2 nitrogen and oxygen atoms in total. The molecule has 1 aliphatic heterocycles. The molecule has 1 heterocycles. The van der Waals surface area contributed by atoms with Gasteiger partial charge in [0, 0.05) is 12.0 Å². The molecule has 1 atom stereocenters. The van der Waals surface area contributed by atoms with Crippen molar-refractivity contribution in [2.45, 2.75) is 70.6 Å². The van der Waals surface area contributed by atoms with Gasteiger partial charge in [0.2, 0.25) is 0 Å². The van der Waals surface area contributed by atoms with Crippen LogP contribution in [0.3, 0.4) is 0 Å². The van der Waals surface area contributed by atoms with Crippen LogP contribution in [0.25, 0.3) is 0 Å². The van der Waals surface area contributed by atoms with Crippen LogP contribution in [0.4, 0.5) is 0 Å². The maximum atomic E-state index is 5.45. The second-order valence-corrected chi connectivity index (χ2v) is 7.20. The first-order valence-electron chi connectivity index (χ1n) is 9.61. The fourth-order valence-corrected chi connectivity index (χ4v) is 4.10. The SMILES string of the molecule is CCCCCCCN1CCC(CCC)(c2cccc(OC)c2)C1. The van der Waals surface area contributed by atoms with Crippen LogP contribution < -0.4 is 4.74 Å². The Labute approximate surface area is 143 Å². The maximum Gasteiger partial charge on any atom is 0.119 e. The van der Waals surface area contributed by atoms with E-state index in [2.05, 4.69) is 43.0 Å². The molecule has 0 spiro atoms. The van der Waals surface area contributed by atoms with Crippen LogP contribution in [0, 0.1) is 0 Å². The highest BCUT2D eigenvalue weighted by Gasteiger charge is 2.38. The van der Waals surface area contributed by atoms with Crippen molar-refractivity contribution in [2.75, 3.05) is 26.7 Å². The normalized spacial score (nSPS) is 21.7. The van der Waals surface area contributed by atoms with E-state index in [1.807, 2.05) is 0 Å². The largest absolute Gasteiger partial charge is 0.497 e. The zero-order valence-electron chi connectivity index (χ0n) is 15.4. The molecule has 0 bridgehead atoms. The van der Waals surface area contributed by atoms with E-state index in [0.717, 1.165) is 5.75 Å². The minimum absolute atomic E-state index is 0.340. The quantitative estimate of drug-likeness (QED) is 0.535. The number of likely N-dealkylation sites (tertiary alicyclic amines) is 1. The average molecular weight is 318 g/mol. The standard InChI is InChI=1S/C21H35NO/c1-4-6-7-8-9-15-22-16-14-21(18-22,13-5-2)19-11-10-12-20(17-19)23-3/h10-12,17H,4-9,13-16,18H2,1-3H3. The Morgan fingerprint density at radius 1 is 1.09 bits per heavy atom. The average Bonchev–Trinajstić information content (AvgIpc) is 2.99. The van der Waals surface area contributed by atoms with E-state index >= 15 is 0 Å². The molecule has 1 aromatic carbocycles. The summed E-state index contributed by atoms with van der Waals surface area (Å²) in [5.74, 6) is 0.996. The third-order valence-electron chi connectivity index (χ3n) is 5.42. The first kappa shape index (κ1) is 18.3.